The first-order valence-corrected chi connectivity index (χ1v) is 6.32. The van der Waals surface area contributed by atoms with Crippen LogP contribution in [0.15, 0.2) is 12.3 Å². The molecule has 0 rings (SSSR count). The van der Waals surface area contributed by atoms with Crippen LogP contribution in [0.3, 0.4) is 0 Å². The molecule has 0 N–H and O–H groups in total. The molecule has 0 radical (unpaired) electrons. The van der Waals surface area contributed by atoms with Gasteiger partial charge in [0.2, 0.25) is 0 Å². The molecular formula is C13H28NO+. The van der Waals surface area contributed by atoms with Gasteiger partial charge in [0, 0.05) is 0 Å². The Morgan fingerprint density at radius 3 is 2.00 bits per heavy atom. The molecule has 0 atom stereocenters. The number of ether oxygens (including phenoxy) is 1. The van der Waals surface area contributed by atoms with Crippen molar-refractivity contribution in [2.24, 2.45) is 0 Å². The second-order valence-corrected chi connectivity index (χ2v) is 4.17. The van der Waals surface area contributed by atoms with Crippen LogP contribution in [0.1, 0.15) is 40.5 Å². The highest BCUT2D eigenvalue weighted by Crippen LogP contribution is 2.09. The first-order chi connectivity index (χ1) is 7.24. The van der Waals surface area contributed by atoms with Crippen LogP contribution in [0.2, 0.25) is 0 Å². The van der Waals surface area contributed by atoms with E-state index in [-0.39, 0.29) is 0 Å². The molecule has 0 amide bonds. The van der Waals surface area contributed by atoms with E-state index in [1.54, 1.807) is 6.26 Å². The third kappa shape index (κ3) is 5.83. The van der Waals surface area contributed by atoms with Crippen molar-refractivity contribution in [1.29, 1.82) is 0 Å². The molecule has 0 aromatic rings. The molecule has 0 aliphatic rings. The smallest absolute Gasteiger partial charge is 0.136 e. The van der Waals surface area contributed by atoms with Gasteiger partial charge < -0.3 is 9.22 Å². The largest absolute Gasteiger partial charge is 0.496 e. The maximum Gasteiger partial charge on any atom is 0.136 e. The van der Waals surface area contributed by atoms with Gasteiger partial charge in [-0.05, 0) is 26.7 Å². The predicted octanol–water partition coefficient (Wildman–Crippen LogP) is 3.19. The lowest BCUT2D eigenvalue weighted by Gasteiger charge is -2.37. The molecule has 0 aliphatic carbocycles. The summed E-state index contributed by atoms with van der Waals surface area (Å²) in [5.74, 6) is 0. The van der Waals surface area contributed by atoms with Crippen LogP contribution in [-0.2, 0) is 4.74 Å². The number of hydrogen-bond acceptors (Lipinski definition) is 1. The van der Waals surface area contributed by atoms with Gasteiger partial charge >= 0.3 is 0 Å². The van der Waals surface area contributed by atoms with Crippen LogP contribution in [0.5, 0.6) is 0 Å². The van der Waals surface area contributed by atoms with Gasteiger partial charge in [0.25, 0.3) is 0 Å². The van der Waals surface area contributed by atoms with Crippen molar-refractivity contribution in [3.8, 4) is 0 Å². The molecule has 0 heterocycles. The maximum atomic E-state index is 5.44. The van der Waals surface area contributed by atoms with Gasteiger partial charge in [-0.25, -0.2) is 0 Å². The van der Waals surface area contributed by atoms with Crippen molar-refractivity contribution in [2.75, 3.05) is 32.8 Å². The maximum absolute atomic E-state index is 5.44. The Kier molecular flexibility index (Phi) is 8.49. The Balaban J connectivity index is 4.07. The molecule has 0 spiro atoms. The lowest BCUT2D eigenvalue weighted by atomic mass is 10.2. The molecule has 0 aliphatic heterocycles. The van der Waals surface area contributed by atoms with Crippen LogP contribution in [-0.4, -0.2) is 37.3 Å². The van der Waals surface area contributed by atoms with Crippen LogP contribution < -0.4 is 0 Å². The summed E-state index contributed by atoms with van der Waals surface area (Å²) in [7, 11) is 0. The zero-order valence-corrected chi connectivity index (χ0v) is 11.0. The average Bonchev–Trinajstić information content (AvgIpc) is 2.25. The fourth-order valence-electron chi connectivity index (χ4n) is 2.17. The van der Waals surface area contributed by atoms with Crippen molar-refractivity contribution >= 4 is 0 Å². The van der Waals surface area contributed by atoms with E-state index in [0.29, 0.717) is 0 Å². The van der Waals surface area contributed by atoms with E-state index in [4.69, 9.17) is 4.74 Å². The van der Waals surface area contributed by atoms with Crippen molar-refractivity contribution in [1.82, 2.24) is 0 Å². The van der Waals surface area contributed by atoms with Gasteiger partial charge in [0.15, 0.2) is 0 Å². The highest BCUT2D eigenvalue weighted by Gasteiger charge is 2.22. The molecule has 15 heavy (non-hydrogen) atoms. The molecule has 0 aromatic heterocycles. The zero-order valence-electron chi connectivity index (χ0n) is 11.0. The minimum Gasteiger partial charge on any atom is -0.496 e. The van der Waals surface area contributed by atoms with Gasteiger partial charge in [0.05, 0.1) is 25.9 Å². The minimum absolute atomic E-state index is 0.845. The van der Waals surface area contributed by atoms with E-state index >= 15 is 0 Å². The fraction of sp³-hybridized carbons (Fsp3) is 0.846. The fourth-order valence-corrected chi connectivity index (χ4v) is 2.17. The van der Waals surface area contributed by atoms with E-state index in [1.807, 2.05) is 13.0 Å². The standard InChI is InChI=1S/C13H28NO/c1-5-9-14(8-4,10-6-2)11-13-15-12-7-3/h7,12H,5-6,8-11,13H2,1-4H3/q+1. The number of nitrogens with zero attached hydrogens (tertiary/aromatic N) is 1. The summed E-state index contributed by atoms with van der Waals surface area (Å²) in [6, 6.07) is 0. The van der Waals surface area contributed by atoms with Crippen molar-refractivity contribution in [3.05, 3.63) is 12.3 Å². The highest BCUT2D eigenvalue weighted by molar-refractivity contribution is 4.64. The van der Waals surface area contributed by atoms with Gasteiger partial charge in [-0.1, -0.05) is 19.9 Å². The first kappa shape index (κ1) is 14.5. The highest BCUT2D eigenvalue weighted by atomic mass is 16.5. The van der Waals surface area contributed by atoms with E-state index in [9.17, 15) is 0 Å². The van der Waals surface area contributed by atoms with E-state index in [0.717, 1.165) is 13.2 Å². The monoisotopic (exact) mass is 214 g/mol. The topological polar surface area (TPSA) is 9.23 Å². The Hall–Kier alpha value is -0.500. The Morgan fingerprint density at radius 1 is 1.00 bits per heavy atom. The van der Waals surface area contributed by atoms with E-state index in [2.05, 4.69) is 20.8 Å². The predicted molar refractivity (Wildman–Crippen MR) is 66.8 cm³/mol. The summed E-state index contributed by atoms with van der Waals surface area (Å²) in [5, 5.41) is 0. The number of rotatable bonds is 9. The number of quaternary nitrogens is 1. The Bertz CT molecular complexity index is 160. The normalized spacial score (nSPS) is 12.3. The van der Waals surface area contributed by atoms with Crippen molar-refractivity contribution in [2.45, 2.75) is 40.5 Å². The molecule has 0 bridgehead atoms. The van der Waals surface area contributed by atoms with Crippen LogP contribution in [0.4, 0.5) is 0 Å². The first-order valence-electron chi connectivity index (χ1n) is 6.32. The second kappa shape index (κ2) is 8.78. The second-order valence-electron chi connectivity index (χ2n) is 4.17. The Labute approximate surface area is 95.5 Å². The summed E-state index contributed by atoms with van der Waals surface area (Å²) >= 11 is 0. The van der Waals surface area contributed by atoms with Crippen LogP contribution in [0.25, 0.3) is 0 Å². The lowest BCUT2D eigenvalue weighted by Crippen LogP contribution is -2.50. The summed E-state index contributed by atoms with van der Waals surface area (Å²) in [6.45, 7) is 14.6. The third-order valence-corrected chi connectivity index (χ3v) is 2.98. The zero-order chi connectivity index (χ0) is 11.6. The minimum atomic E-state index is 0.845. The summed E-state index contributed by atoms with van der Waals surface area (Å²) in [4.78, 5) is 0. The van der Waals surface area contributed by atoms with Gasteiger partial charge in [0.1, 0.15) is 13.2 Å². The number of hydrogen-bond donors (Lipinski definition) is 0. The van der Waals surface area contributed by atoms with Crippen LogP contribution in [0, 0.1) is 0 Å². The van der Waals surface area contributed by atoms with Crippen LogP contribution >= 0.6 is 0 Å². The van der Waals surface area contributed by atoms with Gasteiger partial charge in [-0.3, -0.25) is 0 Å². The molecule has 0 fully saturated rings. The van der Waals surface area contributed by atoms with Crippen molar-refractivity contribution in [3.63, 3.8) is 0 Å². The lowest BCUT2D eigenvalue weighted by molar-refractivity contribution is -0.926. The average molecular weight is 214 g/mol. The SMILES string of the molecule is CC=COCC[N+](CC)(CCC)CCC. The molecule has 0 saturated heterocycles. The number of allylic oxidation sites excluding steroid dienone is 1. The quantitative estimate of drug-likeness (QED) is 0.325. The molecule has 90 valence electrons. The van der Waals surface area contributed by atoms with Gasteiger partial charge in [-0.15, -0.1) is 0 Å². The summed E-state index contributed by atoms with van der Waals surface area (Å²) in [6.07, 6.45) is 6.26. The number of likely N-dealkylation sites (N-methyl/N-ethyl adjacent to an activating group) is 1. The van der Waals surface area contributed by atoms with Gasteiger partial charge in [-0.2, -0.15) is 0 Å². The Morgan fingerprint density at radius 2 is 1.60 bits per heavy atom. The van der Waals surface area contributed by atoms with E-state index < -0.39 is 0 Å². The molecule has 0 unspecified atom stereocenters. The molecular weight excluding hydrogens is 186 g/mol. The molecule has 2 heteroatoms. The molecule has 0 saturated carbocycles. The van der Waals surface area contributed by atoms with E-state index in [1.165, 1.54) is 37.0 Å². The molecule has 0 aromatic carbocycles. The third-order valence-electron chi connectivity index (χ3n) is 2.98. The van der Waals surface area contributed by atoms with Crippen molar-refractivity contribution < 1.29 is 9.22 Å². The summed E-state index contributed by atoms with van der Waals surface area (Å²) in [5.41, 5.74) is 0. The summed E-state index contributed by atoms with van der Waals surface area (Å²) < 4.78 is 6.65. The molecule has 2 nitrogen and oxygen atoms in total.